The quantitative estimate of drug-likeness (QED) is 0.720. The van der Waals surface area contributed by atoms with E-state index in [2.05, 4.69) is 6.08 Å². The molecule has 2 saturated heterocycles. The average Bonchev–Trinajstić information content (AvgIpc) is 3.15. The molecule has 2 heterocycles. The van der Waals surface area contributed by atoms with E-state index in [4.69, 9.17) is 4.74 Å². The molecule has 3 unspecified atom stereocenters. The molecule has 0 radical (unpaired) electrons. The number of nitrogens with zero attached hydrogens (tertiary/aromatic N) is 2. The van der Waals surface area contributed by atoms with Gasteiger partial charge in [0.15, 0.2) is 0 Å². The summed E-state index contributed by atoms with van der Waals surface area (Å²) in [7, 11) is 1.68. The fourth-order valence-corrected chi connectivity index (χ4v) is 3.65. The molecule has 1 saturated carbocycles. The molecule has 5 heteroatoms. The lowest BCUT2D eigenvalue weighted by Crippen LogP contribution is -2.39. The summed E-state index contributed by atoms with van der Waals surface area (Å²) >= 11 is 0. The fraction of sp³-hybridized carbons (Fsp3) is 0.600. The Morgan fingerprint density at radius 1 is 1.35 bits per heavy atom. The molecule has 0 aromatic heterocycles. The van der Waals surface area contributed by atoms with Crippen molar-refractivity contribution in [3.63, 3.8) is 0 Å². The molecule has 3 atom stereocenters. The van der Waals surface area contributed by atoms with Crippen molar-refractivity contribution in [1.29, 1.82) is 0 Å². The standard InChI is InChI=1S/C15H18N2O3/c1-20-15-8-10(15)5-6-11(9-15)17-13(18)12-4-2-3-7-16(12)14(17)19/h5-6,9-10,12H,2-4,7-8H2,1H3. The van der Waals surface area contributed by atoms with Crippen LogP contribution in [0.15, 0.2) is 23.9 Å². The van der Waals surface area contributed by atoms with E-state index in [9.17, 15) is 9.59 Å². The first kappa shape index (κ1) is 12.1. The topological polar surface area (TPSA) is 49.9 Å². The van der Waals surface area contributed by atoms with E-state index < -0.39 is 0 Å². The molecule has 4 aliphatic rings. The molecule has 3 fully saturated rings. The van der Waals surface area contributed by atoms with Crippen LogP contribution in [0.5, 0.6) is 0 Å². The number of rotatable bonds is 2. The maximum Gasteiger partial charge on any atom is 0.332 e. The van der Waals surface area contributed by atoms with Crippen molar-refractivity contribution in [2.24, 2.45) is 5.92 Å². The molecule has 0 bridgehead atoms. The zero-order valence-corrected chi connectivity index (χ0v) is 11.5. The van der Waals surface area contributed by atoms with Crippen molar-refractivity contribution in [3.05, 3.63) is 23.9 Å². The number of methoxy groups -OCH3 is 1. The highest BCUT2D eigenvalue weighted by Crippen LogP contribution is 2.52. The molecule has 2 aliphatic carbocycles. The van der Waals surface area contributed by atoms with Gasteiger partial charge < -0.3 is 9.64 Å². The third kappa shape index (κ3) is 1.47. The first-order valence-electron chi connectivity index (χ1n) is 7.27. The number of urea groups is 1. The molecule has 0 aromatic carbocycles. The van der Waals surface area contributed by atoms with E-state index in [1.165, 1.54) is 4.90 Å². The van der Waals surface area contributed by atoms with Crippen LogP contribution in [0.2, 0.25) is 0 Å². The first-order valence-corrected chi connectivity index (χ1v) is 7.27. The Bertz CT molecular complexity index is 529. The monoisotopic (exact) mass is 274 g/mol. The van der Waals surface area contributed by atoms with Gasteiger partial charge in [0.05, 0.1) is 11.3 Å². The Kier molecular flexibility index (Phi) is 2.40. The fourth-order valence-electron chi connectivity index (χ4n) is 3.65. The lowest BCUT2D eigenvalue weighted by Gasteiger charge is -2.26. The summed E-state index contributed by atoms with van der Waals surface area (Å²) in [4.78, 5) is 28.1. The molecular weight excluding hydrogens is 256 g/mol. The SMILES string of the molecule is COC12C=C(N3C(=O)C4CCCCN4C3=O)C=CC1C2. The van der Waals surface area contributed by atoms with Crippen LogP contribution in [0.3, 0.4) is 0 Å². The second kappa shape index (κ2) is 3.95. The summed E-state index contributed by atoms with van der Waals surface area (Å²) in [5.74, 6) is 0.322. The number of fused-ring (bicyclic) bond motifs is 2. The first-order chi connectivity index (χ1) is 9.66. The Balaban J connectivity index is 1.67. The molecule has 0 spiro atoms. The van der Waals surface area contributed by atoms with E-state index in [0.29, 0.717) is 18.2 Å². The Morgan fingerprint density at radius 2 is 2.20 bits per heavy atom. The normalized spacial score (nSPS) is 38.8. The van der Waals surface area contributed by atoms with E-state index in [1.54, 1.807) is 12.0 Å². The molecule has 0 N–H and O–H groups in total. The number of hydrogen-bond acceptors (Lipinski definition) is 3. The van der Waals surface area contributed by atoms with Crippen LogP contribution in [0.4, 0.5) is 4.79 Å². The molecule has 5 nitrogen and oxygen atoms in total. The molecular formula is C15H18N2O3. The Hall–Kier alpha value is -1.62. The number of imide groups is 1. The summed E-state index contributed by atoms with van der Waals surface area (Å²) in [5, 5.41) is 0. The van der Waals surface area contributed by atoms with Gasteiger partial charge in [-0.05, 0) is 37.8 Å². The van der Waals surface area contributed by atoms with Gasteiger partial charge in [0, 0.05) is 19.6 Å². The smallest absolute Gasteiger partial charge is 0.332 e. The van der Waals surface area contributed by atoms with Crippen LogP contribution < -0.4 is 0 Å². The van der Waals surface area contributed by atoms with Crippen LogP contribution in [0, 0.1) is 5.92 Å². The van der Waals surface area contributed by atoms with E-state index >= 15 is 0 Å². The minimum absolute atomic E-state index is 0.0732. The number of carbonyl (C=O) groups excluding carboxylic acids is 2. The highest BCUT2D eigenvalue weighted by molar-refractivity contribution is 6.06. The van der Waals surface area contributed by atoms with Crippen molar-refractivity contribution in [2.75, 3.05) is 13.7 Å². The summed E-state index contributed by atoms with van der Waals surface area (Å²) in [5.41, 5.74) is 0.401. The lowest BCUT2D eigenvalue weighted by atomic mass is 10.0. The molecule has 2 aliphatic heterocycles. The van der Waals surface area contributed by atoms with Gasteiger partial charge in [-0.15, -0.1) is 0 Å². The number of allylic oxidation sites excluding steroid dienone is 1. The van der Waals surface area contributed by atoms with E-state index in [-0.39, 0.29) is 23.6 Å². The minimum Gasteiger partial charge on any atom is -0.373 e. The summed E-state index contributed by atoms with van der Waals surface area (Å²) in [6.45, 7) is 0.695. The van der Waals surface area contributed by atoms with Gasteiger partial charge in [-0.2, -0.15) is 0 Å². The maximum absolute atomic E-state index is 12.5. The second-order valence-electron chi connectivity index (χ2n) is 6.06. The van der Waals surface area contributed by atoms with Gasteiger partial charge in [0.1, 0.15) is 6.04 Å². The summed E-state index contributed by atoms with van der Waals surface area (Å²) in [6, 6.07) is -0.415. The van der Waals surface area contributed by atoms with E-state index in [0.717, 1.165) is 25.7 Å². The molecule has 3 amide bonds. The number of hydrogen-bond donors (Lipinski definition) is 0. The van der Waals surface area contributed by atoms with Crippen molar-refractivity contribution >= 4 is 11.9 Å². The maximum atomic E-state index is 12.5. The predicted molar refractivity (Wildman–Crippen MR) is 71.7 cm³/mol. The summed E-state index contributed by atoms with van der Waals surface area (Å²) in [6.07, 6.45) is 9.63. The Morgan fingerprint density at radius 3 is 2.95 bits per heavy atom. The van der Waals surface area contributed by atoms with E-state index in [1.807, 2.05) is 12.2 Å². The highest BCUT2D eigenvalue weighted by atomic mass is 16.5. The van der Waals surface area contributed by atoms with Crippen molar-refractivity contribution < 1.29 is 14.3 Å². The molecule has 106 valence electrons. The molecule has 4 rings (SSSR count). The predicted octanol–water partition coefficient (Wildman–Crippen LogP) is 1.66. The lowest BCUT2D eigenvalue weighted by molar-refractivity contribution is -0.127. The number of carbonyl (C=O) groups is 2. The third-order valence-electron chi connectivity index (χ3n) is 4.98. The van der Waals surface area contributed by atoms with Gasteiger partial charge in [-0.3, -0.25) is 4.79 Å². The van der Waals surface area contributed by atoms with Crippen LogP contribution in [-0.2, 0) is 9.53 Å². The van der Waals surface area contributed by atoms with Crippen LogP contribution >= 0.6 is 0 Å². The van der Waals surface area contributed by atoms with Gasteiger partial charge in [-0.1, -0.05) is 6.08 Å². The largest absolute Gasteiger partial charge is 0.373 e. The minimum atomic E-state index is -0.284. The summed E-state index contributed by atoms with van der Waals surface area (Å²) < 4.78 is 5.54. The number of amides is 3. The Labute approximate surface area is 117 Å². The van der Waals surface area contributed by atoms with Gasteiger partial charge >= 0.3 is 6.03 Å². The molecule has 20 heavy (non-hydrogen) atoms. The van der Waals surface area contributed by atoms with Gasteiger partial charge in [0.25, 0.3) is 5.91 Å². The molecule has 0 aromatic rings. The van der Waals surface area contributed by atoms with Crippen molar-refractivity contribution in [3.8, 4) is 0 Å². The third-order valence-corrected chi connectivity index (χ3v) is 4.98. The highest BCUT2D eigenvalue weighted by Gasteiger charge is 2.55. The second-order valence-corrected chi connectivity index (χ2v) is 6.06. The number of piperidine rings is 1. The number of ether oxygens (including phenoxy) is 1. The van der Waals surface area contributed by atoms with Crippen molar-refractivity contribution in [1.82, 2.24) is 9.80 Å². The van der Waals surface area contributed by atoms with Crippen LogP contribution in [0.1, 0.15) is 25.7 Å². The van der Waals surface area contributed by atoms with Crippen molar-refractivity contribution in [2.45, 2.75) is 37.3 Å². The zero-order chi connectivity index (χ0) is 13.9. The van der Waals surface area contributed by atoms with Gasteiger partial charge in [-0.25, -0.2) is 9.69 Å². The van der Waals surface area contributed by atoms with Crippen LogP contribution in [-0.4, -0.2) is 47.0 Å². The zero-order valence-electron chi connectivity index (χ0n) is 11.5. The van der Waals surface area contributed by atoms with Crippen LogP contribution in [0.25, 0.3) is 0 Å². The average molecular weight is 274 g/mol. The van der Waals surface area contributed by atoms with Gasteiger partial charge in [0.2, 0.25) is 0 Å².